The summed E-state index contributed by atoms with van der Waals surface area (Å²) in [6.07, 6.45) is 3.56. The predicted molar refractivity (Wildman–Crippen MR) is 101 cm³/mol. The Morgan fingerprint density at radius 1 is 1.15 bits per heavy atom. The smallest absolute Gasteiger partial charge is 0.328 e. The van der Waals surface area contributed by atoms with Crippen LogP contribution in [0.1, 0.15) is 44.1 Å². The second-order valence-electron chi connectivity index (χ2n) is 6.96. The van der Waals surface area contributed by atoms with Crippen molar-refractivity contribution in [3.05, 3.63) is 52.5 Å². The number of aryl methyl sites for hydroxylation is 2. The molecule has 0 unspecified atom stereocenters. The summed E-state index contributed by atoms with van der Waals surface area (Å²) < 4.78 is 5.14. The van der Waals surface area contributed by atoms with E-state index in [1.165, 1.54) is 0 Å². The van der Waals surface area contributed by atoms with E-state index in [1.54, 1.807) is 29.4 Å². The lowest BCUT2D eigenvalue weighted by Crippen LogP contribution is -2.31. The topological polar surface area (TPSA) is 73.8 Å². The van der Waals surface area contributed by atoms with Crippen LogP contribution in [0.5, 0.6) is 0 Å². The van der Waals surface area contributed by atoms with Crippen molar-refractivity contribution >= 4 is 16.9 Å². The lowest BCUT2D eigenvalue weighted by atomic mass is 10.1. The minimum absolute atomic E-state index is 0.0591. The van der Waals surface area contributed by atoms with Crippen molar-refractivity contribution in [3.63, 3.8) is 0 Å². The first-order valence-corrected chi connectivity index (χ1v) is 8.76. The van der Waals surface area contributed by atoms with Gasteiger partial charge in [-0.1, -0.05) is 19.9 Å². The second-order valence-corrected chi connectivity index (χ2v) is 6.96. The van der Waals surface area contributed by atoms with Gasteiger partial charge in [-0.2, -0.15) is 0 Å². The van der Waals surface area contributed by atoms with Crippen molar-refractivity contribution in [1.29, 1.82) is 0 Å². The van der Waals surface area contributed by atoms with Gasteiger partial charge in [0.05, 0.1) is 11.0 Å². The normalized spacial score (nSPS) is 12.7. The molecule has 0 aliphatic heterocycles. The number of benzene rings is 1. The monoisotopic (exact) mass is 355 g/mol. The zero-order valence-electron chi connectivity index (χ0n) is 15.9. The van der Waals surface area contributed by atoms with Crippen LogP contribution in [-0.4, -0.2) is 24.6 Å². The van der Waals surface area contributed by atoms with Gasteiger partial charge in [0.2, 0.25) is 5.91 Å². The first kappa shape index (κ1) is 18.0. The quantitative estimate of drug-likeness (QED) is 0.761. The molecular weight excluding hydrogens is 330 g/mol. The number of nitrogens with one attached hydrogen (secondary N) is 1. The van der Waals surface area contributed by atoms with Crippen molar-refractivity contribution < 1.29 is 4.79 Å². The zero-order valence-corrected chi connectivity index (χ0v) is 15.9. The molecule has 138 valence electrons. The number of imidazole rings is 2. The molecule has 0 spiro atoms. The van der Waals surface area contributed by atoms with E-state index >= 15 is 0 Å². The summed E-state index contributed by atoms with van der Waals surface area (Å²) >= 11 is 0. The minimum Gasteiger partial charge on any atom is -0.350 e. The number of nitrogens with zero attached hydrogens (tertiary/aromatic N) is 4. The van der Waals surface area contributed by atoms with Crippen LogP contribution in [0.2, 0.25) is 0 Å². The van der Waals surface area contributed by atoms with Crippen molar-refractivity contribution in [2.24, 2.45) is 14.1 Å². The number of rotatable bonds is 5. The van der Waals surface area contributed by atoms with Crippen LogP contribution in [-0.2, 0) is 25.4 Å². The fourth-order valence-electron chi connectivity index (χ4n) is 3.22. The summed E-state index contributed by atoms with van der Waals surface area (Å²) in [6, 6.07) is 5.45. The van der Waals surface area contributed by atoms with Gasteiger partial charge in [0.15, 0.2) is 0 Å². The average molecular weight is 355 g/mol. The molecule has 0 fully saturated rings. The summed E-state index contributed by atoms with van der Waals surface area (Å²) in [7, 11) is 3.51. The van der Waals surface area contributed by atoms with Gasteiger partial charge in [-0.05, 0) is 24.6 Å². The van der Waals surface area contributed by atoms with Gasteiger partial charge in [-0.3, -0.25) is 13.9 Å². The molecule has 0 radical (unpaired) electrons. The van der Waals surface area contributed by atoms with Gasteiger partial charge >= 0.3 is 5.69 Å². The molecule has 0 aliphatic rings. The van der Waals surface area contributed by atoms with Gasteiger partial charge in [0, 0.05) is 39.0 Å². The number of carbonyl (C=O) groups excluding carboxylic acids is 1. The van der Waals surface area contributed by atoms with Crippen molar-refractivity contribution in [2.75, 3.05) is 0 Å². The summed E-state index contributed by atoms with van der Waals surface area (Å²) in [6.45, 7) is 6.40. The van der Waals surface area contributed by atoms with E-state index in [2.05, 4.69) is 24.1 Å². The van der Waals surface area contributed by atoms with Crippen LogP contribution < -0.4 is 11.0 Å². The maximum Gasteiger partial charge on any atom is 0.328 e. The number of aromatic nitrogens is 4. The van der Waals surface area contributed by atoms with E-state index in [4.69, 9.17) is 0 Å². The van der Waals surface area contributed by atoms with Gasteiger partial charge < -0.3 is 9.88 Å². The average Bonchev–Trinajstić information content (AvgIpc) is 3.20. The minimum atomic E-state index is -0.334. The fourth-order valence-corrected chi connectivity index (χ4v) is 3.22. The lowest BCUT2D eigenvalue weighted by molar-refractivity contribution is -0.124. The van der Waals surface area contributed by atoms with Crippen LogP contribution in [0.15, 0.2) is 35.4 Å². The zero-order chi connectivity index (χ0) is 19.0. The predicted octanol–water partition coefficient (Wildman–Crippen LogP) is 2.07. The summed E-state index contributed by atoms with van der Waals surface area (Å²) in [4.78, 5) is 28.9. The van der Waals surface area contributed by atoms with E-state index in [0.717, 1.165) is 22.4 Å². The van der Waals surface area contributed by atoms with Crippen molar-refractivity contribution in [3.8, 4) is 0 Å². The van der Waals surface area contributed by atoms with Crippen LogP contribution >= 0.6 is 0 Å². The van der Waals surface area contributed by atoms with Gasteiger partial charge in [-0.25, -0.2) is 9.78 Å². The number of amides is 1. The third-order valence-corrected chi connectivity index (χ3v) is 4.81. The van der Waals surface area contributed by atoms with E-state index in [1.807, 2.05) is 35.9 Å². The molecule has 1 amide bonds. The molecule has 1 aromatic carbocycles. The largest absolute Gasteiger partial charge is 0.350 e. The third kappa shape index (κ3) is 3.05. The second kappa shape index (κ2) is 6.82. The van der Waals surface area contributed by atoms with E-state index in [0.29, 0.717) is 6.54 Å². The highest BCUT2D eigenvalue weighted by Crippen LogP contribution is 2.18. The molecule has 2 aromatic heterocycles. The Labute approximate surface area is 152 Å². The Morgan fingerprint density at radius 3 is 2.54 bits per heavy atom. The maximum atomic E-state index is 12.6. The Bertz CT molecular complexity index is 1010. The molecule has 3 rings (SSSR count). The number of carbonyl (C=O) groups is 1. The molecule has 0 saturated heterocycles. The van der Waals surface area contributed by atoms with Crippen LogP contribution in [0.25, 0.3) is 11.0 Å². The van der Waals surface area contributed by atoms with Gasteiger partial charge in [-0.15, -0.1) is 0 Å². The summed E-state index contributed by atoms with van der Waals surface area (Å²) in [5.74, 6) is 1.09. The molecule has 7 nitrogen and oxygen atoms in total. The SMILES string of the molecule is CC(C)c1nccn1[C@@H](C)C(=O)NCc1ccc2c(c1)n(C)c(=O)n2C. The molecule has 1 N–H and O–H groups in total. The Kier molecular flexibility index (Phi) is 4.71. The molecule has 0 bridgehead atoms. The molecule has 7 heteroatoms. The van der Waals surface area contributed by atoms with Crippen LogP contribution in [0, 0.1) is 0 Å². The number of hydrogen-bond acceptors (Lipinski definition) is 3. The van der Waals surface area contributed by atoms with Crippen molar-refractivity contribution in [1.82, 2.24) is 24.0 Å². The molecule has 3 aromatic rings. The molecule has 0 aliphatic carbocycles. The molecule has 1 atom stereocenters. The highest BCUT2D eigenvalue weighted by atomic mass is 16.2. The van der Waals surface area contributed by atoms with Gasteiger partial charge in [0.1, 0.15) is 11.9 Å². The number of fused-ring (bicyclic) bond motifs is 1. The first-order valence-electron chi connectivity index (χ1n) is 8.76. The fraction of sp³-hybridized carbons (Fsp3) is 0.421. The Hall–Kier alpha value is -2.83. The van der Waals surface area contributed by atoms with Crippen LogP contribution in [0.3, 0.4) is 0 Å². The summed E-state index contributed by atoms with van der Waals surface area (Å²) in [5.41, 5.74) is 2.63. The highest BCUT2D eigenvalue weighted by Gasteiger charge is 2.19. The van der Waals surface area contributed by atoms with Crippen LogP contribution in [0.4, 0.5) is 0 Å². The van der Waals surface area contributed by atoms with E-state index < -0.39 is 0 Å². The Balaban J connectivity index is 1.75. The van der Waals surface area contributed by atoms with E-state index in [-0.39, 0.29) is 23.6 Å². The van der Waals surface area contributed by atoms with E-state index in [9.17, 15) is 9.59 Å². The molecule has 2 heterocycles. The Morgan fingerprint density at radius 2 is 1.85 bits per heavy atom. The third-order valence-electron chi connectivity index (χ3n) is 4.81. The first-order chi connectivity index (χ1) is 12.3. The molecule has 0 saturated carbocycles. The van der Waals surface area contributed by atoms with Crippen molar-refractivity contribution in [2.45, 2.75) is 39.3 Å². The highest BCUT2D eigenvalue weighted by molar-refractivity contribution is 5.80. The maximum absolute atomic E-state index is 12.6. The number of hydrogen-bond donors (Lipinski definition) is 1. The lowest BCUT2D eigenvalue weighted by Gasteiger charge is -2.18. The molecular formula is C19H25N5O2. The van der Waals surface area contributed by atoms with Gasteiger partial charge in [0.25, 0.3) is 0 Å². The standard InChI is InChI=1S/C19H25N5O2/c1-12(2)17-20-8-9-24(17)13(3)18(25)21-11-14-6-7-15-16(10-14)23(5)19(26)22(15)4/h6-10,12-13H,11H2,1-5H3,(H,21,25)/t13-/m0/s1. The molecule has 26 heavy (non-hydrogen) atoms. The summed E-state index contributed by atoms with van der Waals surface area (Å²) in [5, 5.41) is 2.98.